The second-order valence-corrected chi connectivity index (χ2v) is 6.43. The maximum atomic E-state index is 5.70. The molecule has 26 heavy (non-hydrogen) atoms. The van der Waals surface area contributed by atoms with Crippen molar-refractivity contribution in [1.82, 2.24) is 15.6 Å². The van der Waals surface area contributed by atoms with Crippen LogP contribution in [0, 0.1) is 5.92 Å². The number of nitrogens with zero attached hydrogens (tertiary/aromatic N) is 2. The van der Waals surface area contributed by atoms with Crippen molar-refractivity contribution in [2.24, 2.45) is 10.9 Å². The lowest BCUT2D eigenvalue weighted by atomic mass is 10.1. The minimum Gasteiger partial charge on any atom is -0.381 e. The first-order valence-electron chi connectivity index (χ1n) is 9.63. The Morgan fingerprint density at radius 3 is 2.81 bits per heavy atom. The van der Waals surface area contributed by atoms with E-state index in [1.165, 1.54) is 0 Å². The third-order valence-corrected chi connectivity index (χ3v) is 4.23. The van der Waals surface area contributed by atoms with Crippen LogP contribution >= 0.6 is 0 Å². The second-order valence-electron chi connectivity index (χ2n) is 6.43. The number of pyridine rings is 1. The van der Waals surface area contributed by atoms with E-state index in [0.717, 1.165) is 83.5 Å². The molecule has 0 amide bonds. The fraction of sp³-hybridized carbons (Fsp3) is 0.684. The van der Waals surface area contributed by atoms with E-state index in [4.69, 9.17) is 9.47 Å². The van der Waals surface area contributed by atoms with Crippen LogP contribution in [0.1, 0.15) is 25.7 Å². The van der Waals surface area contributed by atoms with Crippen molar-refractivity contribution in [3.8, 4) is 0 Å². The van der Waals surface area contributed by atoms with E-state index in [-0.39, 0.29) is 0 Å². The molecule has 0 radical (unpaired) electrons. The molecule has 146 valence electrons. The molecule has 0 aromatic carbocycles. The fourth-order valence-corrected chi connectivity index (χ4v) is 2.71. The van der Waals surface area contributed by atoms with Crippen molar-refractivity contribution in [2.75, 3.05) is 58.4 Å². The lowest BCUT2D eigenvalue weighted by molar-refractivity contribution is 0.0888. The Kier molecular flexibility index (Phi) is 10.5. The highest BCUT2D eigenvalue weighted by Crippen LogP contribution is 2.12. The largest absolute Gasteiger partial charge is 0.381 e. The number of unbranched alkanes of at least 4 members (excludes halogenated alkanes) is 1. The highest BCUT2D eigenvalue weighted by Gasteiger charge is 2.15. The zero-order valence-electron chi connectivity index (χ0n) is 15.9. The fourth-order valence-electron chi connectivity index (χ4n) is 2.71. The molecular formula is C19H33N5O2. The van der Waals surface area contributed by atoms with Crippen LogP contribution in [0.25, 0.3) is 0 Å². The summed E-state index contributed by atoms with van der Waals surface area (Å²) in [7, 11) is 1.80. The summed E-state index contributed by atoms with van der Waals surface area (Å²) in [6.45, 7) is 6.03. The summed E-state index contributed by atoms with van der Waals surface area (Å²) in [5.74, 6) is 2.37. The molecule has 1 aliphatic rings. The van der Waals surface area contributed by atoms with Crippen LogP contribution in [0.2, 0.25) is 0 Å². The lowest BCUT2D eigenvalue weighted by Crippen LogP contribution is -2.38. The van der Waals surface area contributed by atoms with E-state index in [2.05, 4.69) is 25.9 Å². The SMILES string of the molecule is CN=C(NCCCCNc1ccccn1)NCCCOCC1CCOC1. The number of ether oxygens (including phenoxy) is 2. The molecule has 1 atom stereocenters. The average Bonchev–Trinajstić information content (AvgIpc) is 3.19. The van der Waals surface area contributed by atoms with Crippen LogP contribution < -0.4 is 16.0 Å². The third kappa shape index (κ3) is 9.01. The van der Waals surface area contributed by atoms with E-state index in [0.29, 0.717) is 5.92 Å². The smallest absolute Gasteiger partial charge is 0.190 e. The van der Waals surface area contributed by atoms with Crippen molar-refractivity contribution in [3.05, 3.63) is 24.4 Å². The molecule has 3 N–H and O–H groups in total. The summed E-state index contributed by atoms with van der Waals surface area (Å²) in [5, 5.41) is 9.98. The zero-order valence-corrected chi connectivity index (χ0v) is 15.9. The Balaban J connectivity index is 1.40. The molecule has 1 saturated heterocycles. The Labute approximate surface area is 157 Å². The van der Waals surface area contributed by atoms with Gasteiger partial charge in [0, 0.05) is 52.0 Å². The first kappa shape index (κ1) is 20.5. The molecule has 1 aromatic heterocycles. The van der Waals surface area contributed by atoms with Gasteiger partial charge in [0.15, 0.2) is 5.96 Å². The van der Waals surface area contributed by atoms with E-state index in [1.54, 1.807) is 13.2 Å². The normalized spacial score (nSPS) is 17.3. The summed E-state index contributed by atoms with van der Waals surface area (Å²) in [5.41, 5.74) is 0. The van der Waals surface area contributed by atoms with E-state index in [1.807, 2.05) is 18.2 Å². The predicted molar refractivity (Wildman–Crippen MR) is 106 cm³/mol. The second kappa shape index (κ2) is 13.4. The Bertz CT molecular complexity index is 492. The maximum absolute atomic E-state index is 5.70. The van der Waals surface area contributed by atoms with Crippen LogP contribution in [0.4, 0.5) is 5.82 Å². The first-order valence-corrected chi connectivity index (χ1v) is 9.63. The summed E-state index contributed by atoms with van der Waals surface area (Å²) in [6, 6.07) is 5.89. The molecule has 2 heterocycles. The molecule has 7 nitrogen and oxygen atoms in total. The van der Waals surface area contributed by atoms with Crippen molar-refractivity contribution in [2.45, 2.75) is 25.7 Å². The molecule has 1 aromatic rings. The minimum atomic E-state index is 0.588. The van der Waals surface area contributed by atoms with E-state index >= 15 is 0 Å². The number of guanidine groups is 1. The molecule has 1 aliphatic heterocycles. The standard InChI is InChI=1S/C19H33N5O2/c1-20-19(24-12-6-13-25-15-17-8-14-26-16-17)23-11-5-4-10-22-18-7-2-3-9-21-18/h2-3,7,9,17H,4-6,8,10-16H2,1H3,(H,21,22)(H2,20,23,24). The molecule has 1 fully saturated rings. The van der Waals surface area contributed by atoms with Crippen molar-refractivity contribution >= 4 is 11.8 Å². The lowest BCUT2D eigenvalue weighted by Gasteiger charge is -2.13. The summed E-state index contributed by atoms with van der Waals surface area (Å²) >= 11 is 0. The van der Waals surface area contributed by atoms with Crippen molar-refractivity contribution in [3.63, 3.8) is 0 Å². The highest BCUT2D eigenvalue weighted by atomic mass is 16.5. The number of hydrogen-bond acceptors (Lipinski definition) is 5. The first-order chi connectivity index (χ1) is 12.9. The van der Waals surface area contributed by atoms with E-state index < -0.39 is 0 Å². The van der Waals surface area contributed by atoms with Crippen LogP contribution in [0.3, 0.4) is 0 Å². The van der Waals surface area contributed by atoms with Gasteiger partial charge >= 0.3 is 0 Å². The summed E-state index contributed by atoms with van der Waals surface area (Å²) in [6.07, 6.45) is 6.06. The molecule has 0 spiro atoms. The molecule has 0 saturated carbocycles. The molecule has 0 aliphatic carbocycles. The molecule has 1 unspecified atom stereocenters. The monoisotopic (exact) mass is 363 g/mol. The van der Waals surface area contributed by atoms with Gasteiger partial charge in [-0.05, 0) is 37.8 Å². The molecular weight excluding hydrogens is 330 g/mol. The summed E-state index contributed by atoms with van der Waals surface area (Å²) < 4.78 is 11.0. The predicted octanol–water partition coefficient (Wildman–Crippen LogP) is 1.88. The van der Waals surface area contributed by atoms with Gasteiger partial charge in [-0.25, -0.2) is 4.98 Å². The van der Waals surface area contributed by atoms with Gasteiger partial charge in [-0.1, -0.05) is 6.07 Å². The van der Waals surface area contributed by atoms with Crippen LogP contribution in [0.15, 0.2) is 29.4 Å². The molecule has 7 heteroatoms. The van der Waals surface area contributed by atoms with Gasteiger partial charge in [0.2, 0.25) is 0 Å². The van der Waals surface area contributed by atoms with E-state index in [9.17, 15) is 0 Å². The number of hydrogen-bond donors (Lipinski definition) is 3. The maximum Gasteiger partial charge on any atom is 0.190 e. The van der Waals surface area contributed by atoms with Crippen LogP contribution in [-0.2, 0) is 9.47 Å². The van der Waals surface area contributed by atoms with Crippen LogP contribution in [0.5, 0.6) is 0 Å². The van der Waals surface area contributed by atoms with Crippen molar-refractivity contribution in [1.29, 1.82) is 0 Å². The highest BCUT2D eigenvalue weighted by molar-refractivity contribution is 5.79. The quantitative estimate of drug-likeness (QED) is 0.299. The zero-order chi connectivity index (χ0) is 18.3. The average molecular weight is 364 g/mol. The Hall–Kier alpha value is -1.86. The van der Waals surface area contributed by atoms with Crippen LogP contribution in [-0.4, -0.2) is 64.1 Å². The third-order valence-electron chi connectivity index (χ3n) is 4.23. The van der Waals surface area contributed by atoms with Gasteiger partial charge in [0.1, 0.15) is 5.82 Å². The minimum absolute atomic E-state index is 0.588. The Morgan fingerprint density at radius 2 is 2.08 bits per heavy atom. The van der Waals surface area contributed by atoms with Gasteiger partial charge < -0.3 is 25.4 Å². The number of aromatic nitrogens is 1. The van der Waals surface area contributed by atoms with Gasteiger partial charge in [0.05, 0.1) is 13.2 Å². The van der Waals surface area contributed by atoms with Gasteiger partial charge in [0.25, 0.3) is 0 Å². The number of aliphatic imine (C=N–C) groups is 1. The number of nitrogens with one attached hydrogen (secondary N) is 3. The van der Waals surface area contributed by atoms with Gasteiger partial charge in [-0.15, -0.1) is 0 Å². The Morgan fingerprint density at radius 1 is 1.23 bits per heavy atom. The molecule has 0 bridgehead atoms. The summed E-state index contributed by atoms with van der Waals surface area (Å²) in [4.78, 5) is 8.49. The molecule has 2 rings (SSSR count). The topological polar surface area (TPSA) is 79.8 Å². The number of rotatable bonds is 12. The van der Waals surface area contributed by atoms with Gasteiger partial charge in [-0.3, -0.25) is 4.99 Å². The van der Waals surface area contributed by atoms with Gasteiger partial charge in [-0.2, -0.15) is 0 Å². The van der Waals surface area contributed by atoms with Crippen molar-refractivity contribution < 1.29 is 9.47 Å². The number of anilines is 1.